The summed E-state index contributed by atoms with van der Waals surface area (Å²) in [5.74, 6) is 4.00. The Balaban J connectivity index is 3.62. The molecule has 0 saturated heterocycles. The van der Waals surface area contributed by atoms with Gasteiger partial charge in [0, 0.05) is 0 Å². The largest absolute Gasteiger partial charge is 0.790 e. The third-order valence-electron chi connectivity index (χ3n) is 8.47. The Labute approximate surface area is 232 Å². The molecule has 0 aliphatic carbocycles. The van der Waals surface area contributed by atoms with E-state index in [1.54, 1.807) is 0 Å². The highest BCUT2D eigenvalue weighted by Gasteiger charge is 2.10. The van der Waals surface area contributed by atoms with Crippen molar-refractivity contribution in [2.24, 2.45) is 29.6 Å². The summed E-state index contributed by atoms with van der Waals surface area (Å²) in [5.41, 5.74) is 0. The summed E-state index contributed by atoms with van der Waals surface area (Å²) in [5, 5.41) is 0. The zero-order chi connectivity index (χ0) is 27.9. The number of rotatable bonds is 27. The second kappa shape index (κ2) is 24.0. The van der Waals surface area contributed by atoms with E-state index in [4.69, 9.17) is 0 Å². The van der Waals surface area contributed by atoms with Crippen molar-refractivity contribution in [1.29, 1.82) is 0 Å². The first kappa shape index (κ1) is 37.1. The van der Waals surface area contributed by atoms with E-state index < -0.39 is 7.82 Å². The maximum atomic E-state index is 10.5. The van der Waals surface area contributed by atoms with E-state index in [1.807, 2.05) is 0 Å². The lowest BCUT2D eigenvalue weighted by Crippen LogP contribution is -2.17. The molecule has 4 nitrogen and oxygen atoms in total. The molecule has 0 saturated carbocycles. The van der Waals surface area contributed by atoms with Crippen LogP contribution < -0.4 is 9.79 Å². The van der Waals surface area contributed by atoms with E-state index in [1.165, 1.54) is 116 Å². The van der Waals surface area contributed by atoms with E-state index in [-0.39, 0.29) is 6.61 Å². The Morgan fingerprint density at radius 1 is 0.486 bits per heavy atom. The summed E-state index contributed by atoms with van der Waals surface area (Å²) in [6.07, 6.45) is 26.2. The van der Waals surface area contributed by atoms with Gasteiger partial charge in [-0.2, -0.15) is 0 Å². The highest BCUT2D eigenvalue weighted by atomic mass is 31.2. The molecular formula is C32H65O4P-2. The third kappa shape index (κ3) is 27.5. The topological polar surface area (TPSA) is 72.4 Å². The van der Waals surface area contributed by atoms with E-state index in [9.17, 15) is 14.4 Å². The average Bonchev–Trinajstić information content (AvgIpc) is 2.81. The molecule has 0 unspecified atom stereocenters. The van der Waals surface area contributed by atoms with Crippen LogP contribution in [0.25, 0.3) is 0 Å². The molecule has 0 aromatic heterocycles. The second-order valence-corrected chi connectivity index (χ2v) is 14.0. The van der Waals surface area contributed by atoms with Crippen molar-refractivity contribution in [3.05, 3.63) is 0 Å². The third-order valence-corrected chi connectivity index (χ3v) is 8.97. The van der Waals surface area contributed by atoms with Gasteiger partial charge in [0.15, 0.2) is 0 Å². The second-order valence-electron chi connectivity index (χ2n) is 12.9. The normalized spacial score (nSPS) is 16.4. The molecule has 0 bridgehead atoms. The minimum absolute atomic E-state index is 0.0285. The van der Waals surface area contributed by atoms with Crippen LogP contribution >= 0.6 is 7.82 Å². The monoisotopic (exact) mass is 544 g/mol. The lowest BCUT2D eigenvalue weighted by Gasteiger charge is -2.28. The van der Waals surface area contributed by atoms with Gasteiger partial charge >= 0.3 is 0 Å². The van der Waals surface area contributed by atoms with Crippen LogP contribution in [-0.4, -0.2) is 6.61 Å². The Morgan fingerprint density at radius 3 is 1.11 bits per heavy atom. The van der Waals surface area contributed by atoms with Gasteiger partial charge in [0.25, 0.3) is 0 Å². The molecule has 0 fully saturated rings. The van der Waals surface area contributed by atoms with Crippen LogP contribution in [-0.2, 0) is 9.09 Å². The number of unbranched alkanes of at least 4 members (excludes halogenated alkanes) is 4. The molecule has 0 aromatic rings. The molecule has 0 aromatic carbocycles. The SMILES string of the molecule is CCCCCCC[C@H](C)CCC[C@H](C)CCC[C@H](C)CCC[C@H](C)CCC[C@H](C)CCCOP(=O)([O-])[O-]. The van der Waals surface area contributed by atoms with Gasteiger partial charge in [-0.1, -0.05) is 157 Å². The summed E-state index contributed by atoms with van der Waals surface area (Å²) >= 11 is 0. The van der Waals surface area contributed by atoms with Gasteiger partial charge in [-0.05, 0) is 42.4 Å². The minimum atomic E-state index is -4.80. The van der Waals surface area contributed by atoms with Crippen LogP contribution in [0.4, 0.5) is 0 Å². The predicted molar refractivity (Wildman–Crippen MR) is 157 cm³/mol. The quantitative estimate of drug-likeness (QED) is 0.0762. The van der Waals surface area contributed by atoms with Crippen LogP contribution in [0.2, 0.25) is 0 Å². The van der Waals surface area contributed by atoms with Crippen molar-refractivity contribution in [3.8, 4) is 0 Å². The van der Waals surface area contributed by atoms with Crippen molar-refractivity contribution in [1.82, 2.24) is 0 Å². The van der Waals surface area contributed by atoms with Gasteiger partial charge in [0.2, 0.25) is 0 Å². The minimum Gasteiger partial charge on any atom is -0.790 e. The molecule has 0 rings (SSSR count). The average molecular weight is 545 g/mol. The fraction of sp³-hybridized carbons (Fsp3) is 1.00. The molecule has 0 aliphatic heterocycles. The Kier molecular flexibility index (Phi) is 24.0. The fourth-order valence-corrected chi connectivity index (χ4v) is 6.04. The maximum absolute atomic E-state index is 10.5. The van der Waals surface area contributed by atoms with Crippen LogP contribution in [0, 0.1) is 29.6 Å². The highest BCUT2D eigenvalue weighted by Crippen LogP contribution is 2.27. The summed E-state index contributed by atoms with van der Waals surface area (Å²) in [4.78, 5) is 21.0. The molecule has 5 heteroatoms. The highest BCUT2D eigenvalue weighted by molar-refractivity contribution is 7.43. The molecule has 5 atom stereocenters. The molecule has 0 spiro atoms. The van der Waals surface area contributed by atoms with E-state index in [0.29, 0.717) is 12.3 Å². The summed E-state index contributed by atoms with van der Waals surface area (Å²) in [6.45, 7) is 14.3. The lowest BCUT2D eigenvalue weighted by molar-refractivity contribution is -0.341. The standard InChI is InChI=1S/C32H67O4P/c1-7-8-9-10-11-17-28(2)18-12-19-29(3)20-13-21-30(4)22-14-23-31(5)24-15-25-32(6)26-16-27-36-37(33,34)35/h28-32H,7-27H2,1-6H3,(H2,33,34,35)/p-2/t28-,29-,30-,31-,32-/m0/s1. The van der Waals surface area contributed by atoms with E-state index in [2.05, 4.69) is 46.1 Å². The van der Waals surface area contributed by atoms with Crippen molar-refractivity contribution >= 4 is 7.82 Å². The van der Waals surface area contributed by atoms with Gasteiger partial charge < -0.3 is 18.9 Å². The van der Waals surface area contributed by atoms with Crippen molar-refractivity contribution in [2.45, 2.75) is 170 Å². The molecule has 0 radical (unpaired) electrons. The first-order chi connectivity index (χ1) is 17.5. The Hall–Kier alpha value is 0.110. The summed E-state index contributed by atoms with van der Waals surface area (Å²) in [6, 6.07) is 0. The number of hydrogen-bond acceptors (Lipinski definition) is 4. The van der Waals surface area contributed by atoms with Gasteiger partial charge in [-0.3, -0.25) is 0 Å². The van der Waals surface area contributed by atoms with Crippen molar-refractivity contribution in [2.75, 3.05) is 6.61 Å². The van der Waals surface area contributed by atoms with Crippen molar-refractivity contribution in [3.63, 3.8) is 0 Å². The van der Waals surface area contributed by atoms with E-state index in [0.717, 1.165) is 30.1 Å². The van der Waals surface area contributed by atoms with Crippen LogP contribution in [0.5, 0.6) is 0 Å². The zero-order valence-corrected chi connectivity index (χ0v) is 26.7. The predicted octanol–water partition coefficient (Wildman–Crippen LogP) is 9.83. The maximum Gasteiger partial charge on any atom is 0.0596 e. The van der Waals surface area contributed by atoms with Crippen LogP contribution in [0.15, 0.2) is 0 Å². The summed E-state index contributed by atoms with van der Waals surface area (Å²) in [7, 11) is -4.80. The first-order valence-electron chi connectivity index (χ1n) is 16.2. The number of phosphoric ester groups is 1. The molecular weight excluding hydrogens is 479 g/mol. The number of hydrogen-bond donors (Lipinski definition) is 0. The zero-order valence-electron chi connectivity index (χ0n) is 25.8. The van der Waals surface area contributed by atoms with Crippen LogP contribution in [0.3, 0.4) is 0 Å². The Bertz CT molecular complexity index is 535. The number of phosphoric acid groups is 1. The fourth-order valence-electron chi connectivity index (χ4n) is 5.69. The van der Waals surface area contributed by atoms with Gasteiger partial charge in [-0.15, -0.1) is 0 Å². The molecule has 224 valence electrons. The first-order valence-corrected chi connectivity index (χ1v) is 17.7. The van der Waals surface area contributed by atoms with Gasteiger partial charge in [-0.25, -0.2) is 0 Å². The molecule has 0 heterocycles. The van der Waals surface area contributed by atoms with Crippen molar-refractivity contribution < 1.29 is 18.9 Å². The van der Waals surface area contributed by atoms with Gasteiger partial charge in [0.05, 0.1) is 14.4 Å². The molecule has 0 N–H and O–H groups in total. The molecule has 0 amide bonds. The molecule has 0 aliphatic rings. The smallest absolute Gasteiger partial charge is 0.0596 e. The molecule has 37 heavy (non-hydrogen) atoms. The Morgan fingerprint density at radius 2 is 0.784 bits per heavy atom. The van der Waals surface area contributed by atoms with Gasteiger partial charge in [0.1, 0.15) is 0 Å². The van der Waals surface area contributed by atoms with Crippen LogP contribution in [0.1, 0.15) is 170 Å². The lowest BCUT2D eigenvalue weighted by atomic mass is 9.89. The van der Waals surface area contributed by atoms with E-state index >= 15 is 0 Å². The summed E-state index contributed by atoms with van der Waals surface area (Å²) < 4.78 is 14.8.